The van der Waals surface area contributed by atoms with Crippen molar-refractivity contribution in [3.63, 3.8) is 0 Å². The van der Waals surface area contributed by atoms with Gasteiger partial charge in [-0.15, -0.1) is 0 Å². The fourth-order valence-corrected chi connectivity index (χ4v) is 3.97. The van der Waals surface area contributed by atoms with Crippen LogP contribution in [0.25, 0.3) is 0 Å². The summed E-state index contributed by atoms with van der Waals surface area (Å²) < 4.78 is 1.77. The highest BCUT2D eigenvalue weighted by Crippen LogP contribution is 2.28. The monoisotopic (exact) mass is 374 g/mol. The number of carbonyl (C=O) groups excluding carboxylic acids is 3. The predicted octanol–water partition coefficient (Wildman–Crippen LogP) is 1.39. The molecule has 0 spiro atoms. The summed E-state index contributed by atoms with van der Waals surface area (Å²) in [5, 5.41) is 3.08. The molecule has 2 fully saturated rings. The first-order chi connectivity index (χ1) is 13.0. The maximum absolute atomic E-state index is 13.1. The zero-order chi connectivity index (χ0) is 19.6. The van der Waals surface area contributed by atoms with Gasteiger partial charge in [-0.2, -0.15) is 0 Å². The summed E-state index contributed by atoms with van der Waals surface area (Å²) >= 11 is 0. The van der Waals surface area contributed by atoms with Gasteiger partial charge in [-0.25, -0.2) is 0 Å². The Bertz CT molecular complexity index is 706. The van der Waals surface area contributed by atoms with Crippen molar-refractivity contribution < 1.29 is 14.4 Å². The molecule has 0 radical (unpaired) electrons. The molecule has 1 aliphatic carbocycles. The van der Waals surface area contributed by atoms with Crippen molar-refractivity contribution >= 4 is 17.7 Å². The average molecular weight is 374 g/mol. The number of aryl methyl sites for hydroxylation is 1. The van der Waals surface area contributed by atoms with Crippen LogP contribution < -0.4 is 5.32 Å². The molecule has 0 bridgehead atoms. The second-order valence-electron chi connectivity index (χ2n) is 7.56. The Kier molecular flexibility index (Phi) is 5.87. The van der Waals surface area contributed by atoms with E-state index in [4.69, 9.17) is 0 Å². The number of amides is 3. The summed E-state index contributed by atoms with van der Waals surface area (Å²) in [6.07, 6.45) is 5.27. The van der Waals surface area contributed by atoms with Gasteiger partial charge in [0, 0.05) is 44.8 Å². The van der Waals surface area contributed by atoms with Gasteiger partial charge in [0.2, 0.25) is 11.8 Å². The lowest BCUT2D eigenvalue weighted by molar-refractivity contribution is -0.135. The van der Waals surface area contributed by atoms with Crippen LogP contribution in [0.4, 0.5) is 0 Å². The molecule has 2 aliphatic rings. The van der Waals surface area contributed by atoms with Gasteiger partial charge in [-0.1, -0.05) is 6.42 Å². The smallest absolute Gasteiger partial charge is 0.271 e. The number of nitrogens with one attached hydrogen (secondary N) is 1. The Morgan fingerprint density at radius 2 is 1.93 bits per heavy atom. The largest absolute Gasteiger partial charge is 0.351 e. The summed E-state index contributed by atoms with van der Waals surface area (Å²) in [5.41, 5.74) is 0.554. The van der Waals surface area contributed by atoms with E-state index in [1.807, 2.05) is 33.2 Å². The zero-order valence-electron chi connectivity index (χ0n) is 16.5. The highest BCUT2D eigenvalue weighted by atomic mass is 16.2. The molecule has 7 nitrogen and oxygen atoms in total. The number of aromatic nitrogens is 1. The molecule has 3 amide bonds. The van der Waals surface area contributed by atoms with Crippen LogP contribution in [-0.2, 0) is 16.6 Å². The lowest BCUT2D eigenvalue weighted by atomic mass is 9.84. The van der Waals surface area contributed by atoms with Gasteiger partial charge in [-0.05, 0) is 45.2 Å². The second kappa shape index (κ2) is 8.15. The van der Waals surface area contributed by atoms with Gasteiger partial charge in [0.1, 0.15) is 11.7 Å². The molecular weight excluding hydrogens is 344 g/mol. The van der Waals surface area contributed by atoms with Crippen molar-refractivity contribution in [3.8, 4) is 0 Å². The highest BCUT2D eigenvalue weighted by molar-refractivity contribution is 5.97. The SMILES string of the molecule is CCN(CC)C(=O)[C@@H]1C[C@@H](NC(=O)C2CCC2)CN1C(=O)c1cccn1C. The van der Waals surface area contributed by atoms with Gasteiger partial charge in [0.05, 0.1) is 0 Å². The van der Waals surface area contributed by atoms with Crippen molar-refractivity contribution in [1.29, 1.82) is 0 Å². The molecular formula is C20H30N4O3. The van der Waals surface area contributed by atoms with Gasteiger partial charge >= 0.3 is 0 Å². The van der Waals surface area contributed by atoms with E-state index in [0.717, 1.165) is 19.3 Å². The number of likely N-dealkylation sites (N-methyl/N-ethyl adjacent to an activating group) is 1. The van der Waals surface area contributed by atoms with Crippen molar-refractivity contribution in [3.05, 3.63) is 24.0 Å². The number of carbonyl (C=O) groups is 3. The lowest BCUT2D eigenvalue weighted by Crippen LogP contribution is -2.48. The van der Waals surface area contributed by atoms with Crippen LogP contribution in [0.15, 0.2) is 18.3 Å². The van der Waals surface area contributed by atoms with Crippen LogP contribution in [0.1, 0.15) is 50.0 Å². The number of hydrogen-bond acceptors (Lipinski definition) is 3. The van der Waals surface area contributed by atoms with E-state index in [1.165, 1.54) is 0 Å². The summed E-state index contributed by atoms with van der Waals surface area (Å²) in [4.78, 5) is 41.9. The molecule has 1 aromatic heterocycles. The molecule has 1 N–H and O–H groups in total. The summed E-state index contributed by atoms with van der Waals surface area (Å²) in [6, 6.07) is 2.88. The molecule has 1 aliphatic heterocycles. The maximum Gasteiger partial charge on any atom is 0.271 e. The zero-order valence-corrected chi connectivity index (χ0v) is 16.5. The molecule has 1 saturated carbocycles. The van der Waals surface area contributed by atoms with Crippen molar-refractivity contribution in [2.24, 2.45) is 13.0 Å². The van der Waals surface area contributed by atoms with Crippen LogP contribution >= 0.6 is 0 Å². The molecule has 7 heteroatoms. The first kappa shape index (κ1) is 19.5. The lowest BCUT2D eigenvalue weighted by Gasteiger charge is -2.28. The van der Waals surface area contributed by atoms with Crippen LogP contribution in [-0.4, -0.2) is 63.8 Å². The highest BCUT2D eigenvalue weighted by Gasteiger charge is 2.42. The third kappa shape index (κ3) is 3.87. The van der Waals surface area contributed by atoms with Crippen molar-refractivity contribution in [2.45, 2.75) is 51.6 Å². The predicted molar refractivity (Wildman–Crippen MR) is 102 cm³/mol. The summed E-state index contributed by atoms with van der Waals surface area (Å²) in [5.74, 6) is -0.0376. The fourth-order valence-electron chi connectivity index (χ4n) is 3.97. The minimum atomic E-state index is -0.529. The van der Waals surface area contributed by atoms with Gasteiger partial charge < -0.3 is 19.7 Å². The first-order valence-electron chi connectivity index (χ1n) is 9.97. The Labute approximate surface area is 160 Å². The minimum absolute atomic E-state index is 0.0389. The molecule has 1 saturated heterocycles. The molecule has 148 valence electrons. The van der Waals surface area contributed by atoms with Gasteiger partial charge in [-0.3, -0.25) is 14.4 Å². The molecule has 0 unspecified atom stereocenters. The molecule has 1 aromatic rings. The topological polar surface area (TPSA) is 74.7 Å². The van der Waals surface area contributed by atoms with Crippen LogP contribution in [0.2, 0.25) is 0 Å². The van der Waals surface area contributed by atoms with E-state index < -0.39 is 6.04 Å². The normalized spacial score (nSPS) is 22.4. The van der Waals surface area contributed by atoms with E-state index >= 15 is 0 Å². The Morgan fingerprint density at radius 1 is 1.22 bits per heavy atom. The van der Waals surface area contributed by atoms with E-state index in [-0.39, 0.29) is 29.7 Å². The molecule has 0 aromatic carbocycles. The summed E-state index contributed by atoms with van der Waals surface area (Å²) in [6.45, 7) is 5.47. The van der Waals surface area contributed by atoms with E-state index in [2.05, 4.69) is 5.32 Å². The minimum Gasteiger partial charge on any atom is -0.351 e. The molecule has 3 rings (SSSR count). The molecule has 2 atom stereocenters. The van der Waals surface area contributed by atoms with Crippen molar-refractivity contribution in [2.75, 3.05) is 19.6 Å². The Hall–Kier alpha value is -2.31. The van der Waals surface area contributed by atoms with E-state index in [0.29, 0.717) is 31.7 Å². The van der Waals surface area contributed by atoms with Crippen LogP contribution in [0.5, 0.6) is 0 Å². The standard InChI is InChI=1S/C20H30N4O3/c1-4-23(5-2)19(26)17-12-15(21-18(25)14-8-6-9-14)13-24(17)20(27)16-10-7-11-22(16)3/h7,10-11,14-15,17H,4-6,8-9,12-13H2,1-3H3,(H,21,25)/t15-,17+/m1/s1. The van der Waals surface area contributed by atoms with E-state index in [1.54, 1.807) is 20.4 Å². The second-order valence-corrected chi connectivity index (χ2v) is 7.56. The Balaban J connectivity index is 1.78. The maximum atomic E-state index is 13.1. The first-order valence-corrected chi connectivity index (χ1v) is 9.97. The number of likely N-dealkylation sites (tertiary alicyclic amines) is 1. The average Bonchev–Trinajstić information content (AvgIpc) is 3.20. The third-order valence-corrected chi connectivity index (χ3v) is 5.91. The van der Waals surface area contributed by atoms with Crippen LogP contribution in [0.3, 0.4) is 0 Å². The number of rotatable bonds is 6. The van der Waals surface area contributed by atoms with E-state index in [9.17, 15) is 14.4 Å². The van der Waals surface area contributed by atoms with Gasteiger partial charge in [0.15, 0.2) is 0 Å². The summed E-state index contributed by atoms with van der Waals surface area (Å²) in [7, 11) is 1.82. The van der Waals surface area contributed by atoms with Crippen molar-refractivity contribution in [1.82, 2.24) is 19.7 Å². The molecule has 2 heterocycles. The Morgan fingerprint density at radius 3 is 2.44 bits per heavy atom. The molecule has 27 heavy (non-hydrogen) atoms. The number of hydrogen-bond donors (Lipinski definition) is 1. The van der Waals surface area contributed by atoms with Crippen LogP contribution in [0, 0.1) is 5.92 Å². The van der Waals surface area contributed by atoms with Gasteiger partial charge in [0.25, 0.3) is 5.91 Å². The fraction of sp³-hybridized carbons (Fsp3) is 0.650. The quantitative estimate of drug-likeness (QED) is 0.818. The third-order valence-electron chi connectivity index (χ3n) is 5.91. The number of nitrogens with zero attached hydrogens (tertiary/aromatic N) is 3.